The number of esters is 1. The predicted molar refractivity (Wildman–Crippen MR) is 139 cm³/mol. The number of hydrogen-bond acceptors (Lipinski definition) is 12. The molecule has 0 spiro atoms. The van der Waals surface area contributed by atoms with Gasteiger partial charge in [-0.3, -0.25) is 0 Å². The Hall–Kier alpha value is -1.19. The summed E-state index contributed by atoms with van der Waals surface area (Å²) in [5.41, 5.74) is -4.46. The van der Waals surface area contributed by atoms with Crippen molar-refractivity contribution in [2.24, 2.45) is 28.6 Å². The van der Waals surface area contributed by atoms with Crippen molar-refractivity contribution in [1.29, 1.82) is 0 Å². The van der Waals surface area contributed by atoms with Crippen LogP contribution in [0.2, 0.25) is 0 Å². The maximum Gasteiger partial charge on any atom is 0.331 e. The molecule has 232 valence electrons. The first-order valence-electron chi connectivity index (χ1n) is 14.9. The molecule has 4 aliphatic carbocycles. The van der Waals surface area contributed by atoms with E-state index in [-0.39, 0.29) is 38.2 Å². The summed E-state index contributed by atoms with van der Waals surface area (Å²) in [4.78, 5) is 11.8. The maximum absolute atomic E-state index is 12.4. The van der Waals surface area contributed by atoms with E-state index in [2.05, 4.69) is 0 Å². The molecule has 0 amide bonds. The lowest BCUT2D eigenvalue weighted by atomic mass is 9.40. The Bertz CT molecular complexity index is 1080. The first kappa shape index (κ1) is 29.9. The topological polar surface area (TPSA) is 207 Å². The van der Waals surface area contributed by atoms with Crippen LogP contribution in [0.1, 0.15) is 58.8 Å². The van der Waals surface area contributed by atoms with Crippen molar-refractivity contribution in [1.82, 2.24) is 0 Å². The number of hydrogen-bond donors (Lipinski definition) is 8. The van der Waals surface area contributed by atoms with Gasteiger partial charge in [-0.25, -0.2) is 4.79 Å². The zero-order valence-corrected chi connectivity index (χ0v) is 23.5. The van der Waals surface area contributed by atoms with Gasteiger partial charge in [-0.05, 0) is 56.4 Å². The Morgan fingerprint density at radius 3 is 2.41 bits per heavy atom. The lowest BCUT2D eigenvalue weighted by Crippen LogP contribution is -2.76. The van der Waals surface area contributed by atoms with Crippen LogP contribution in [0, 0.1) is 28.6 Å². The van der Waals surface area contributed by atoms with E-state index in [1.807, 2.05) is 6.92 Å². The minimum atomic E-state index is -1.67. The Balaban J connectivity index is 1.28. The highest BCUT2D eigenvalue weighted by Gasteiger charge is 2.75. The van der Waals surface area contributed by atoms with Gasteiger partial charge in [0.25, 0.3) is 0 Å². The molecule has 2 heterocycles. The average molecular weight is 585 g/mol. The molecule has 0 aromatic rings. The minimum Gasteiger partial charge on any atom is -0.458 e. The molecule has 12 heteroatoms. The van der Waals surface area contributed by atoms with Crippen molar-refractivity contribution in [2.75, 3.05) is 13.2 Å². The van der Waals surface area contributed by atoms with Crippen LogP contribution in [-0.2, 0) is 19.0 Å². The molecule has 0 aromatic carbocycles. The van der Waals surface area contributed by atoms with Crippen LogP contribution in [0.5, 0.6) is 0 Å². The quantitative estimate of drug-likeness (QED) is 0.140. The molecular weight excluding hydrogens is 540 g/mol. The number of cyclic esters (lactones) is 1. The molecule has 0 bridgehead atoms. The van der Waals surface area contributed by atoms with Gasteiger partial charge in [-0.15, -0.1) is 0 Å². The molecule has 12 nitrogen and oxygen atoms in total. The van der Waals surface area contributed by atoms with E-state index in [0.29, 0.717) is 19.3 Å². The fraction of sp³-hybridized carbons (Fsp3) is 0.897. The van der Waals surface area contributed by atoms with E-state index in [9.17, 15) is 45.6 Å². The largest absolute Gasteiger partial charge is 0.458 e. The summed E-state index contributed by atoms with van der Waals surface area (Å²) in [6.45, 7) is 3.00. The summed E-state index contributed by atoms with van der Waals surface area (Å²) in [5, 5.41) is 89.6. The van der Waals surface area contributed by atoms with E-state index in [1.54, 1.807) is 0 Å². The SMILES string of the molecule is C[C@H]1O[C@@H](O[C@@H]2C[C@H](O)[C@]3(CO)[C@@H]4[C@@H](O)C[C@]5(C)[C@H](C6=CC(=O)OC6)CC[C@@]5(O)[C@H]4CC[C@@]3(O)C2)[C@@H](O)[C@@H](O)[C@@H]1O. The number of carbonyl (C=O) groups excluding carboxylic acids is 1. The van der Waals surface area contributed by atoms with Crippen molar-refractivity contribution in [2.45, 2.75) is 119 Å². The Morgan fingerprint density at radius 1 is 1.02 bits per heavy atom. The highest BCUT2D eigenvalue weighted by Crippen LogP contribution is 2.70. The Labute approximate surface area is 238 Å². The minimum absolute atomic E-state index is 0.0369. The second-order valence-electron chi connectivity index (χ2n) is 13.8. The summed E-state index contributed by atoms with van der Waals surface area (Å²) in [7, 11) is 0. The average Bonchev–Trinajstić information content (AvgIpc) is 3.45. The first-order valence-corrected chi connectivity index (χ1v) is 14.9. The molecule has 4 saturated carbocycles. The molecular formula is C29H44O12. The number of aliphatic hydroxyl groups excluding tert-OH is 6. The molecule has 6 aliphatic rings. The molecule has 0 unspecified atom stereocenters. The van der Waals surface area contributed by atoms with Crippen LogP contribution in [-0.4, -0.2) is 120 Å². The molecule has 5 fully saturated rings. The lowest BCUT2D eigenvalue weighted by Gasteiger charge is -2.68. The lowest BCUT2D eigenvalue weighted by molar-refractivity contribution is -0.342. The van der Waals surface area contributed by atoms with Gasteiger partial charge in [-0.1, -0.05) is 6.92 Å². The van der Waals surface area contributed by atoms with Crippen molar-refractivity contribution in [3.05, 3.63) is 11.6 Å². The van der Waals surface area contributed by atoms with E-state index in [0.717, 1.165) is 5.57 Å². The highest BCUT2D eigenvalue weighted by atomic mass is 16.7. The van der Waals surface area contributed by atoms with Gasteiger partial charge in [0, 0.05) is 30.3 Å². The van der Waals surface area contributed by atoms with E-state index >= 15 is 0 Å². The zero-order chi connectivity index (χ0) is 29.7. The van der Waals surface area contributed by atoms with Crippen molar-refractivity contribution in [3.63, 3.8) is 0 Å². The number of rotatable bonds is 4. The summed E-state index contributed by atoms with van der Waals surface area (Å²) >= 11 is 0. The van der Waals surface area contributed by atoms with E-state index < -0.39 is 95.5 Å². The number of fused-ring (bicyclic) bond motifs is 5. The van der Waals surface area contributed by atoms with Gasteiger partial charge in [0.1, 0.15) is 24.9 Å². The van der Waals surface area contributed by atoms with Crippen LogP contribution in [0.3, 0.4) is 0 Å². The molecule has 0 radical (unpaired) electrons. The maximum atomic E-state index is 12.4. The molecule has 6 rings (SSSR count). The van der Waals surface area contributed by atoms with Gasteiger partial charge >= 0.3 is 5.97 Å². The van der Waals surface area contributed by atoms with Gasteiger partial charge < -0.3 is 55.1 Å². The third-order valence-electron chi connectivity index (χ3n) is 12.2. The van der Waals surface area contributed by atoms with Crippen molar-refractivity contribution >= 4 is 5.97 Å². The Kier molecular flexibility index (Phi) is 7.22. The van der Waals surface area contributed by atoms with E-state index in [1.165, 1.54) is 13.0 Å². The van der Waals surface area contributed by atoms with Gasteiger partial charge in [-0.2, -0.15) is 0 Å². The number of ether oxygens (including phenoxy) is 3. The fourth-order valence-electron chi connectivity index (χ4n) is 10.1. The summed E-state index contributed by atoms with van der Waals surface area (Å²) in [6.07, 6.45) is -6.68. The van der Waals surface area contributed by atoms with Crippen LogP contribution in [0.4, 0.5) is 0 Å². The second-order valence-corrected chi connectivity index (χ2v) is 13.8. The van der Waals surface area contributed by atoms with Crippen LogP contribution < -0.4 is 0 Å². The normalized spacial score (nSPS) is 56.9. The monoisotopic (exact) mass is 584 g/mol. The van der Waals surface area contributed by atoms with Gasteiger partial charge in [0.2, 0.25) is 0 Å². The standard InChI is InChI=1S/C29H44O12/c1-13-22(34)23(35)24(36)25(40-13)41-15-8-19(32)28(12-30)21-17(3-5-27(28,37)9-15)29(38)6-4-16(14-7-20(33)39-11-14)26(29,2)10-18(21)31/h7,13,15-19,21-25,30-32,34-38H,3-6,8-12H2,1-2H3/t13-,15-,16+,17+,18+,19+,21+,22-,23+,24+,25+,26-,27-,28-,29-/m1/s1. The van der Waals surface area contributed by atoms with E-state index in [4.69, 9.17) is 14.2 Å². The molecule has 41 heavy (non-hydrogen) atoms. The Morgan fingerprint density at radius 2 is 1.76 bits per heavy atom. The molecule has 2 aliphatic heterocycles. The fourth-order valence-corrected chi connectivity index (χ4v) is 10.1. The molecule has 0 aromatic heterocycles. The van der Waals surface area contributed by atoms with Gasteiger partial charge in [0.05, 0.1) is 47.6 Å². The summed E-state index contributed by atoms with van der Waals surface area (Å²) in [6, 6.07) is 0. The molecule has 8 N–H and O–H groups in total. The van der Waals surface area contributed by atoms with Crippen molar-refractivity contribution < 1.29 is 59.9 Å². The van der Waals surface area contributed by atoms with Crippen LogP contribution >= 0.6 is 0 Å². The van der Waals surface area contributed by atoms with Crippen LogP contribution in [0.15, 0.2) is 11.6 Å². The summed E-state index contributed by atoms with van der Waals surface area (Å²) in [5.74, 6) is -1.93. The second kappa shape index (κ2) is 9.91. The molecule has 15 atom stereocenters. The third-order valence-corrected chi connectivity index (χ3v) is 12.2. The number of carbonyl (C=O) groups is 1. The third kappa shape index (κ3) is 3.99. The first-order chi connectivity index (χ1) is 19.2. The van der Waals surface area contributed by atoms with Gasteiger partial charge in [0.15, 0.2) is 6.29 Å². The van der Waals surface area contributed by atoms with Crippen LogP contribution in [0.25, 0.3) is 0 Å². The highest BCUT2D eigenvalue weighted by molar-refractivity contribution is 5.85. The smallest absolute Gasteiger partial charge is 0.331 e. The number of aliphatic hydroxyl groups is 8. The predicted octanol–water partition coefficient (Wildman–Crippen LogP) is -1.51. The zero-order valence-electron chi connectivity index (χ0n) is 23.5. The molecule has 1 saturated heterocycles. The van der Waals surface area contributed by atoms with Crippen molar-refractivity contribution in [3.8, 4) is 0 Å². The summed E-state index contributed by atoms with van der Waals surface area (Å²) < 4.78 is 16.7.